The minimum Gasteiger partial charge on any atom is -0.383 e. The molecule has 3 rings (SSSR count). The molecule has 17 heavy (non-hydrogen) atoms. The van der Waals surface area contributed by atoms with Crippen LogP contribution in [-0.2, 0) is 13.0 Å². The van der Waals surface area contributed by atoms with Crippen molar-refractivity contribution in [3.05, 3.63) is 35.8 Å². The third-order valence-electron chi connectivity index (χ3n) is 3.17. The minimum absolute atomic E-state index is 0.748. The quantitative estimate of drug-likeness (QED) is 0.787. The highest BCUT2D eigenvalue weighted by molar-refractivity contribution is 5.50. The number of fused-ring (bicyclic) bond motifs is 1. The maximum atomic E-state index is 6.17. The molecule has 0 bridgehead atoms. The molecule has 0 radical (unpaired) electrons. The maximum Gasteiger partial charge on any atom is 0.132 e. The van der Waals surface area contributed by atoms with Crippen molar-refractivity contribution < 1.29 is 0 Å². The van der Waals surface area contributed by atoms with Crippen LogP contribution in [0, 0.1) is 0 Å². The highest BCUT2D eigenvalue weighted by Crippen LogP contribution is 2.25. The van der Waals surface area contributed by atoms with Crippen LogP contribution >= 0.6 is 0 Å². The summed E-state index contributed by atoms with van der Waals surface area (Å²) >= 11 is 0. The van der Waals surface area contributed by atoms with E-state index in [-0.39, 0.29) is 0 Å². The zero-order valence-corrected chi connectivity index (χ0v) is 9.80. The number of nitrogen functional groups attached to an aromatic ring is 1. The number of hydrogen-bond acceptors (Lipinski definition) is 4. The summed E-state index contributed by atoms with van der Waals surface area (Å²) in [5.41, 5.74) is 9.42. The van der Waals surface area contributed by atoms with Gasteiger partial charge in [-0.2, -0.15) is 5.10 Å². The molecular formula is C12H15N5. The summed E-state index contributed by atoms with van der Waals surface area (Å²) in [4.78, 5) is 6.27. The second kappa shape index (κ2) is 3.85. The number of nitrogens with two attached hydrogens (primary N) is 1. The molecule has 0 spiro atoms. The minimum atomic E-state index is 0.748. The van der Waals surface area contributed by atoms with E-state index >= 15 is 0 Å². The largest absolute Gasteiger partial charge is 0.383 e. The van der Waals surface area contributed by atoms with E-state index in [1.54, 1.807) is 12.4 Å². The molecule has 0 saturated carbocycles. The van der Waals surface area contributed by atoms with Gasteiger partial charge < -0.3 is 10.6 Å². The summed E-state index contributed by atoms with van der Waals surface area (Å²) in [6, 6.07) is 3.83. The number of rotatable bonds is 1. The Balaban J connectivity index is 2.08. The monoisotopic (exact) mass is 229 g/mol. The number of likely N-dealkylation sites (N-methyl/N-ethyl adjacent to an activating group) is 1. The number of pyridine rings is 1. The first kappa shape index (κ1) is 10.3. The smallest absolute Gasteiger partial charge is 0.132 e. The molecule has 0 atom stereocenters. The van der Waals surface area contributed by atoms with Gasteiger partial charge in [-0.1, -0.05) is 0 Å². The normalized spacial score (nSPS) is 15.8. The molecule has 5 nitrogen and oxygen atoms in total. The third kappa shape index (κ3) is 1.68. The van der Waals surface area contributed by atoms with Gasteiger partial charge in [0.25, 0.3) is 0 Å². The zero-order chi connectivity index (χ0) is 11.8. The molecule has 0 aliphatic carbocycles. The van der Waals surface area contributed by atoms with E-state index in [1.807, 2.05) is 16.8 Å². The van der Waals surface area contributed by atoms with Gasteiger partial charge in [0.2, 0.25) is 0 Å². The van der Waals surface area contributed by atoms with Crippen LogP contribution in [-0.4, -0.2) is 33.3 Å². The molecule has 0 amide bonds. The number of hydrogen-bond donors (Lipinski definition) is 1. The van der Waals surface area contributed by atoms with Gasteiger partial charge in [0.1, 0.15) is 5.82 Å². The lowest BCUT2D eigenvalue weighted by Crippen LogP contribution is -2.26. The summed E-state index contributed by atoms with van der Waals surface area (Å²) in [5.74, 6) is 0.748. The van der Waals surface area contributed by atoms with Crippen molar-refractivity contribution in [1.82, 2.24) is 19.7 Å². The fourth-order valence-corrected chi connectivity index (χ4v) is 2.21. The van der Waals surface area contributed by atoms with Gasteiger partial charge in [0.05, 0.1) is 11.4 Å². The second-order valence-corrected chi connectivity index (χ2v) is 4.42. The maximum absolute atomic E-state index is 6.17. The zero-order valence-electron chi connectivity index (χ0n) is 9.80. The molecule has 1 aliphatic heterocycles. The van der Waals surface area contributed by atoms with Crippen LogP contribution in [0.15, 0.2) is 24.5 Å². The van der Waals surface area contributed by atoms with Crippen LogP contribution in [0.3, 0.4) is 0 Å². The molecular weight excluding hydrogens is 214 g/mol. The van der Waals surface area contributed by atoms with E-state index in [4.69, 9.17) is 5.73 Å². The van der Waals surface area contributed by atoms with E-state index in [0.29, 0.717) is 0 Å². The molecule has 3 heterocycles. The molecule has 1 aliphatic rings. The molecule has 2 aromatic heterocycles. The Hall–Kier alpha value is -1.88. The lowest BCUT2D eigenvalue weighted by molar-refractivity contribution is 0.312. The van der Waals surface area contributed by atoms with Crippen LogP contribution in [0.2, 0.25) is 0 Å². The summed E-state index contributed by atoms with van der Waals surface area (Å²) in [6.07, 6.45) is 4.47. The standard InChI is InChI=1S/C12H15N5/c1-16-7-4-11-10(8-16)12(13)17(15-11)9-2-5-14-6-3-9/h2-3,5-6H,4,7-8,13H2,1H3. The van der Waals surface area contributed by atoms with Gasteiger partial charge in [0.15, 0.2) is 0 Å². The molecule has 88 valence electrons. The predicted octanol–water partition coefficient (Wildman–Crippen LogP) is 0.837. The first-order chi connectivity index (χ1) is 8.25. The summed E-state index contributed by atoms with van der Waals surface area (Å²) in [5, 5.41) is 4.59. The molecule has 5 heteroatoms. The van der Waals surface area contributed by atoms with Crippen LogP contribution in [0.25, 0.3) is 5.69 Å². The van der Waals surface area contributed by atoms with Crippen molar-refractivity contribution in [2.24, 2.45) is 0 Å². The van der Waals surface area contributed by atoms with E-state index < -0.39 is 0 Å². The Kier molecular flexibility index (Phi) is 2.33. The highest BCUT2D eigenvalue weighted by atomic mass is 15.3. The van der Waals surface area contributed by atoms with Crippen molar-refractivity contribution in [3.8, 4) is 5.69 Å². The lowest BCUT2D eigenvalue weighted by Gasteiger charge is -2.21. The Morgan fingerprint density at radius 2 is 2.06 bits per heavy atom. The van der Waals surface area contributed by atoms with Gasteiger partial charge in [-0.15, -0.1) is 0 Å². The Labute approximate surface area is 99.9 Å². The average molecular weight is 229 g/mol. The average Bonchev–Trinajstić information content (AvgIpc) is 2.68. The molecule has 0 fully saturated rings. The molecule has 2 aromatic rings. The number of nitrogens with zero attached hydrogens (tertiary/aromatic N) is 4. The number of anilines is 1. The van der Waals surface area contributed by atoms with Crippen LogP contribution in [0.5, 0.6) is 0 Å². The van der Waals surface area contributed by atoms with Gasteiger partial charge in [-0.25, -0.2) is 4.68 Å². The van der Waals surface area contributed by atoms with Gasteiger partial charge >= 0.3 is 0 Å². The fourth-order valence-electron chi connectivity index (χ4n) is 2.21. The third-order valence-corrected chi connectivity index (χ3v) is 3.17. The van der Waals surface area contributed by atoms with Crippen molar-refractivity contribution >= 4 is 5.82 Å². The topological polar surface area (TPSA) is 60.0 Å². The Bertz CT molecular complexity index is 531. The SMILES string of the molecule is CN1CCc2nn(-c3ccncc3)c(N)c2C1. The first-order valence-electron chi connectivity index (χ1n) is 5.71. The van der Waals surface area contributed by atoms with Crippen LogP contribution < -0.4 is 5.73 Å². The molecule has 2 N–H and O–H groups in total. The Morgan fingerprint density at radius 1 is 1.29 bits per heavy atom. The van der Waals surface area contributed by atoms with Crippen molar-refractivity contribution in [2.45, 2.75) is 13.0 Å². The highest BCUT2D eigenvalue weighted by Gasteiger charge is 2.21. The van der Waals surface area contributed by atoms with Gasteiger partial charge in [-0.3, -0.25) is 4.98 Å². The lowest BCUT2D eigenvalue weighted by atomic mass is 10.1. The fraction of sp³-hybridized carbons (Fsp3) is 0.333. The van der Waals surface area contributed by atoms with Crippen molar-refractivity contribution in [1.29, 1.82) is 0 Å². The molecule has 0 unspecified atom stereocenters. The van der Waals surface area contributed by atoms with E-state index in [9.17, 15) is 0 Å². The summed E-state index contributed by atoms with van der Waals surface area (Å²) in [7, 11) is 2.10. The predicted molar refractivity (Wildman–Crippen MR) is 65.8 cm³/mol. The van der Waals surface area contributed by atoms with Gasteiger partial charge in [-0.05, 0) is 19.2 Å². The Morgan fingerprint density at radius 3 is 2.82 bits per heavy atom. The first-order valence-corrected chi connectivity index (χ1v) is 5.71. The van der Waals surface area contributed by atoms with Gasteiger partial charge in [0, 0.05) is 37.5 Å². The summed E-state index contributed by atoms with van der Waals surface area (Å²) in [6.45, 7) is 1.92. The van der Waals surface area contributed by atoms with Crippen molar-refractivity contribution in [2.75, 3.05) is 19.3 Å². The number of aromatic nitrogens is 3. The second-order valence-electron chi connectivity index (χ2n) is 4.42. The van der Waals surface area contributed by atoms with E-state index in [0.717, 1.165) is 42.3 Å². The van der Waals surface area contributed by atoms with Crippen LogP contribution in [0.4, 0.5) is 5.82 Å². The van der Waals surface area contributed by atoms with Crippen molar-refractivity contribution in [3.63, 3.8) is 0 Å². The van der Waals surface area contributed by atoms with Crippen LogP contribution in [0.1, 0.15) is 11.3 Å². The molecule has 0 aromatic carbocycles. The van der Waals surface area contributed by atoms with E-state index in [1.165, 1.54) is 0 Å². The van der Waals surface area contributed by atoms with E-state index in [2.05, 4.69) is 22.0 Å². The summed E-state index contributed by atoms with van der Waals surface area (Å²) < 4.78 is 1.81. The molecule has 0 saturated heterocycles.